The first-order valence-corrected chi connectivity index (χ1v) is 5.28. The van der Waals surface area contributed by atoms with Crippen LogP contribution in [0.25, 0.3) is 11.5 Å². The minimum absolute atomic E-state index is 0.534. The molecule has 2 N–H and O–H groups in total. The molecule has 2 rings (SSSR count). The number of nitrogens with two attached hydrogens (primary N) is 1. The van der Waals surface area contributed by atoms with Crippen molar-refractivity contribution < 1.29 is 0 Å². The van der Waals surface area contributed by atoms with Crippen molar-refractivity contribution >= 4 is 11.6 Å². The van der Waals surface area contributed by atoms with Crippen molar-refractivity contribution in [2.75, 3.05) is 6.54 Å². The Morgan fingerprint density at radius 1 is 1.44 bits per heavy atom. The van der Waals surface area contributed by atoms with E-state index in [2.05, 4.69) is 20.5 Å². The summed E-state index contributed by atoms with van der Waals surface area (Å²) >= 11 is 6.03. The van der Waals surface area contributed by atoms with Gasteiger partial charge in [0.1, 0.15) is 5.69 Å². The van der Waals surface area contributed by atoms with E-state index in [4.69, 9.17) is 17.3 Å². The van der Waals surface area contributed by atoms with E-state index in [1.54, 1.807) is 23.0 Å². The van der Waals surface area contributed by atoms with Crippen LogP contribution in [-0.4, -0.2) is 31.7 Å². The lowest BCUT2D eigenvalue weighted by Gasteiger charge is -2.03. The molecule has 0 amide bonds. The monoisotopic (exact) mass is 238 g/mol. The second-order valence-electron chi connectivity index (χ2n) is 3.20. The fourth-order valence-electron chi connectivity index (χ4n) is 1.32. The third kappa shape index (κ3) is 2.17. The van der Waals surface area contributed by atoms with Gasteiger partial charge in [-0.2, -0.15) is 0 Å². The molecular formula is C9H11ClN6. The summed E-state index contributed by atoms with van der Waals surface area (Å²) < 4.78 is 1.65. The lowest BCUT2D eigenvalue weighted by atomic mass is 10.3. The smallest absolute Gasteiger partial charge is 0.202 e. The van der Waals surface area contributed by atoms with Crippen molar-refractivity contribution in [1.82, 2.24) is 25.2 Å². The van der Waals surface area contributed by atoms with Gasteiger partial charge in [-0.05, 0) is 35.5 Å². The first-order valence-electron chi connectivity index (χ1n) is 4.90. The van der Waals surface area contributed by atoms with Crippen LogP contribution in [0.15, 0.2) is 18.3 Å². The highest BCUT2D eigenvalue weighted by Gasteiger charge is 2.12. The van der Waals surface area contributed by atoms with Crippen LogP contribution in [0.3, 0.4) is 0 Å². The van der Waals surface area contributed by atoms with Gasteiger partial charge in [-0.1, -0.05) is 11.6 Å². The second-order valence-corrected chi connectivity index (χ2v) is 3.61. The maximum absolute atomic E-state index is 6.03. The largest absolute Gasteiger partial charge is 0.330 e. The first kappa shape index (κ1) is 11.0. The molecule has 0 aliphatic heterocycles. The summed E-state index contributed by atoms with van der Waals surface area (Å²) in [7, 11) is 0. The average Bonchev–Trinajstić information content (AvgIpc) is 2.75. The molecular weight excluding hydrogens is 228 g/mol. The molecule has 6 nitrogen and oxygen atoms in total. The molecule has 2 heterocycles. The molecule has 0 saturated heterocycles. The Balaban J connectivity index is 2.33. The third-order valence-electron chi connectivity index (χ3n) is 2.08. The fourth-order valence-corrected chi connectivity index (χ4v) is 1.52. The molecule has 0 aliphatic rings. The van der Waals surface area contributed by atoms with Crippen LogP contribution in [-0.2, 0) is 6.54 Å². The van der Waals surface area contributed by atoms with Gasteiger partial charge in [0, 0.05) is 12.7 Å². The van der Waals surface area contributed by atoms with Gasteiger partial charge in [0.05, 0.1) is 5.02 Å². The molecule has 0 fully saturated rings. The Bertz CT molecular complexity index is 469. The lowest BCUT2D eigenvalue weighted by molar-refractivity contribution is 0.568. The van der Waals surface area contributed by atoms with Crippen LogP contribution in [0.4, 0.5) is 0 Å². The maximum Gasteiger partial charge on any atom is 0.202 e. The summed E-state index contributed by atoms with van der Waals surface area (Å²) in [6, 6.07) is 3.52. The molecule has 2 aromatic heterocycles. The van der Waals surface area contributed by atoms with Crippen molar-refractivity contribution in [3.63, 3.8) is 0 Å². The SMILES string of the molecule is NCCCn1nnnc1-c1ncccc1Cl. The lowest BCUT2D eigenvalue weighted by Crippen LogP contribution is -2.09. The summed E-state index contributed by atoms with van der Waals surface area (Å²) in [5, 5.41) is 11.9. The highest BCUT2D eigenvalue weighted by atomic mass is 35.5. The molecule has 0 atom stereocenters. The van der Waals surface area contributed by atoms with E-state index in [1.165, 1.54) is 0 Å². The van der Waals surface area contributed by atoms with Crippen LogP contribution in [0.2, 0.25) is 5.02 Å². The van der Waals surface area contributed by atoms with Crippen molar-refractivity contribution in [3.05, 3.63) is 23.4 Å². The van der Waals surface area contributed by atoms with E-state index in [0.717, 1.165) is 6.42 Å². The molecule has 16 heavy (non-hydrogen) atoms. The second kappa shape index (κ2) is 5.00. The number of hydrogen-bond donors (Lipinski definition) is 1. The van der Waals surface area contributed by atoms with E-state index in [-0.39, 0.29) is 0 Å². The van der Waals surface area contributed by atoms with Crippen LogP contribution < -0.4 is 5.73 Å². The summed E-state index contributed by atoms with van der Waals surface area (Å²) in [4.78, 5) is 4.16. The Labute approximate surface area is 97.4 Å². The van der Waals surface area contributed by atoms with Crippen LogP contribution in [0.5, 0.6) is 0 Å². The Morgan fingerprint density at radius 3 is 3.06 bits per heavy atom. The zero-order valence-electron chi connectivity index (χ0n) is 8.54. The summed E-state index contributed by atoms with van der Waals surface area (Å²) in [5.74, 6) is 0.569. The topological polar surface area (TPSA) is 82.5 Å². The van der Waals surface area contributed by atoms with Gasteiger partial charge in [-0.3, -0.25) is 4.98 Å². The average molecular weight is 239 g/mol. The Kier molecular flexibility index (Phi) is 3.43. The van der Waals surface area contributed by atoms with Crippen molar-refractivity contribution in [2.45, 2.75) is 13.0 Å². The standard InChI is InChI=1S/C9H11ClN6/c10-7-3-1-5-12-8(7)9-13-14-15-16(9)6-2-4-11/h1,3,5H,2,4,6,11H2. The summed E-state index contributed by atoms with van der Waals surface area (Å²) in [6.07, 6.45) is 2.46. The molecule has 0 saturated carbocycles. The molecule has 84 valence electrons. The number of aryl methyl sites for hydroxylation is 1. The number of tetrazole rings is 1. The van der Waals surface area contributed by atoms with Crippen LogP contribution >= 0.6 is 11.6 Å². The zero-order chi connectivity index (χ0) is 11.4. The van der Waals surface area contributed by atoms with Gasteiger partial charge in [0.15, 0.2) is 0 Å². The van der Waals surface area contributed by atoms with Gasteiger partial charge < -0.3 is 5.73 Å². The van der Waals surface area contributed by atoms with Gasteiger partial charge in [0.25, 0.3) is 0 Å². The zero-order valence-corrected chi connectivity index (χ0v) is 9.30. The van der Waals surface area contributed by atoms with E-state index < -0.39 is 0 Å². The predicted octanol–water partition coefficient (Wildman–Crippen LogP) is 0.737. The molecule has 0 aromatic carbocycles. The van der Waals surface area contributed by atoms with Gasteiger partial charge in [-0.25, -0.2) is 4.68 Å². The minimum Gasteiger partial charge on any atom is -0.330 e. The van der Waals surface area contributed by atoms with Crippen molar-refractivity contribution in [1.29, 1.82) is 0 Å². The summed E-state index contributed by atoms with van der Waals surface area (Å²) in [6.45, 7) is 1.25. The van der Waals surface area contributed by atoms with E-state index in [1.807, 2.05) is 0 Å². The predicted molar refractivity (Wildman–Crippen MR) is 59.7 cm³/mol. The van der Waals surface area contributed by atoms with Crippen LogP contribution in [0.1, 0.15) is 6.42 Å². The van der Waals surface area contributed by atoms with Gasteiger partial charge >= 0.3 is 0 Å². The minimum atomic E-state index is 0.534. The molecule has 0 radical (unpaired) electrons. The highest BCUT2D eigenvalue weighted by molar-refractivity contribution is 6.32. The molecule has 7 heteroatoms. The molecule has 0 spiro atoms. The molecule has 0 aliphatic carbocycles. The van der Waals surface area contributed by atoms with E-state index in [9.17, 15) is 0 Å². The number of rotatable bonds is 4. The van der Waals surface area contributed by atoms with E-state index >= 15 is 0 Å². The number of halogens is 1. The Morgan fingerprint density at radius 2 is 2.31 bits per heavy atom. The van der Waals surface area contributed by atoms with Gasteiger partial charge in [0.2, 0.25) is 5.82 Å². The van der Waals surface area contributed by atoms with Crippen LogP contribution in [0, 0.1) is 0 Å². The quantitative estimate of drug-likeness (QED) is 0.850. The van der Waals surface area contributed by atoms with E-state index in [0.29, 0.717) is 29.6 Å². The molecule has 0 unspecified atom stereocenters. The molecule has 2 aromatic rings. The molecule has 0 bridgehead atoms. The highest BCUT2D eigenvalue weighted by Crippen LogP contribution is 2.22. The third-order valence-corrected chi connectivity index (χ3v) is 2.38. The van der Waals surface area contributed by atoms with Crippen molar-refractivity contribution in [2.24, 2.45) is 5.73 Å². The van der Waals surface area contributed by atoms with Gasteiger partial charge in [-0.15, -0.1) is 5.10 Å². The number of pyridine rings is 1. The normalized spacial score (nSPS) is 10.6. The summed E-state index contributed by atoms with van der Waals surface area (Å²) in [5.41, 5.74) is 6.03. The number of nitrogens with zero attached hydrogens (tertiary/aromatic N) is 5. The fraction of sp³-hybridized carbons (Fsp3) is 0.333. The number of aromatic nitrogens is 5. The first-order chi connectivity index (χ1) is 7.83. The van der Waals surface area contributed by atoms with Crippen molar-refractivity contribution in [3.8, 4) is 11.5 Å². The maximum atomic E-state index is 6.03. The number of hydrogen-bond acceptors (Lipinski definition) is 5. The Hall–Kier alpha value is -1.53.